The fourth-order valence-electron chi connectivity index (χ4n) is 7.33. The van der Waals surface area contributed by atoms with Crippen molar-refractivity contribution in [2.45, 2.75) is 115 Å². The zero-order valence-corrected chi connectivity index (χ0v) is 21.2. The van der Waals surface area contributed by atoms with E-state index in [-0.39, 0.29) is 23.4 Å². The molecular weight excluding hydrogens is 440 g/mol. The van der Waals surface area contributed by atoms with Gasteiger partial charge in [-0.25, -0.2) is 0 Å². The first-order valence-corrected chi connectivity index (χ1v) is 12.7. The highest BCUT2D eigenvalue weighted by atomic mass is 16.7. The molecule has 6 N–H and O–H groups in total. The number of hydrogen-bond donors (Lipinski definition) is 6. The lowest BCUT2D eigenvalue weighted by Gasteiger charge is -2.62. The first-order valence-electron chi connectivity index (χ1n) is 12.7. The first kappa shape index (κ1) is 28.0. The SMILES string of the molecule is C=C[C@](C)(CC[C@H]1[C@]2(C)CCC[C@](C)(CO)[C@H]2CC[C@@]1(C)O)O[C@@H]1O[C@H](CO)[C@@H](O)[C@H](O)[C@H]1O. The number of rotatable bonds is 8. The topological polar surface area (TPSA) is 140 Å². The Balaban J connectivity index is 1.78. The standard InChI is InChI=1S/C26H46O8/c1-6-24(3,34-22-21(31)20(30)19(29)16(14-27)33-22)12-8-18-25(4)11-7-10-23(2,15-28)17(25)9-13-26(18,5)32/h6,16-22,27-32H,1,7-15H2,2-5H3/t16-,17-,18+,19-,20+,21-,22+,23-,24-,25-,26-/m1/s1. The molecule has 0 aromatic rings. The van der Waals surface area contributed by atoms with E-state index < -0.39 is 48.5 Å². The molecule has 0 unspecified atom stereocenters. The van der Waals surface area contributed by atoms with Crippen LogP contribution in [0.5, 0.6) is 0 Å². The number of hydrogen-bond acceptors (Lipinski definition) is 8. The van der Waals surface area contributed by atoms with Gasteiger partial charge >= 0.3 is 0 Å². The second kappa shape index (κ2) is 10.1. The van der Waals surface area contributed by atoms with Gasteiger partial charge in [0, 0.05) is 6.61 Å². The predicted molar refractivity (Wildman–Crippen MR) is 127 cm³/mol. The third kappa shape index (κ3) is 4.98. The van der Waals surface area contributed by atoms with Crippen LogP contribution in [-0.2, 0) is 9.47 Å². The Kier molecular flexibility index (Phi) is 8.28. The predicted octanol–water partition coefficient (Wildman–Crippen LogP) is 1.49. The average Bonchev–Trinajstić information content (AvgIpc) is 2.78. The molecule has 3 rings (SSSR count). The molecule has 34 heavy (non-hydrogen) atoms. The molecular formula is C26H46O8. The van der Waals surface area contributed by atoms with Crippen molar-refractivity contribution in [1.29, 1.82) is 0 Å². The summed E-state index contributed by atoms with van der Waals surface area (Å²) in [5.41, 5.74) is -2.09. The summed E-state index contributed by atoms with van der Waals surface area (Å²) in [6, 6.07) is 0. The van der Waals surface area contributed by atoms with E-state index >= 15 is 0 Å². The zero-order valence-electron chi connectivity index (χ0n) is 21.2. The minimum Gasteiger partial charge on any atom is -0.396 e. The van der Waals surface area contributed by atoms with Crippen LogP contribution in [0.3, 0.4) is 0 Å². The minimum absolute atomic E-state index is 0.0254. The average molecular weight is 487 g/mol. The summed E-state index contributed by atoms with van der Waals surface area (Å²) in [5, 5.41) is 61.7. The van der Waals surface area contributed by atoms with Crippen molar-refractivity contribution in [3.05, 3.63) is 12.7 Å². The minimum atomic E-state index is -1.51. The Morgan fingerprint density at radius 3 is 2.32 bits per heavy atom. The van der Waals surface area contributed by atoms with Crippen LogP contribution in [0, 0.1) is 22.7 Å². The summed E-state index contributed by atoms with van der Waals surface area (Å²) in [6.07, 6.45) is 0.570. The van der Waals surface area contributed by atoms with Crippen LogP contribution >= 0.6 is 0 Å². The number of fused-ring (bicyclic) bond motifs is 1. The van der Waals surface area contributed by atoms with Crippen LogP contribution in [0.15, 0.2) is 12.7 Å². The smallest absolute Gasteiger partial charge is 0.187 e. The van der Waals surface area contributed by atoms with E-state index in [4.69, 9.17) is 9.47 Å². The lowest BCUT2D eigenvalue weighted by Crippen LogP contribution is -2.60. The normalized spacial score (nSPS) is 49.2. The number of aliphatic hydroxyl groups is 6. The molecule has 1 saturated heterocycles. The second-order valence-corrected chi connectivity index (χ2v) is 12.0. The maximum absolute atomic E-state index is 11.5. The van der Waals surface area contributed by atoms with Crippen LogP contribution in [0.2, 0.25) is 0 Å². The lowest BCUT2D eigenvalue weighted by molar-refractivity contribution is -0.320. The summed E-state index contributed by atoms with van der Waals surface area (Å²) < 4.78 is 11.6. The summed E-state index contributed by atoms with van der Waals surface area (Å²) in [7, 11) is 0. The van der Waals surface area contributed by atoms with Crippen molar-refractivity contribution in [3.63, 3.8) is 0 Å². The van der Waals surface area contributed by atoms with Gasteiger partial charge in [0.2, 0.25) is 0 Å². The van der Waals surface area contributed by atoms with Gasteiger partial charge in [-0.05, 0) is 75.0 Å². The fraction of sp³-hybridized carbons (Fsp3) is 0.923. The second-order valence-electron chi connectivity index (χ2n) is 12.0. The van der Waals surface area contributed by atoms with Gasteiger partial charge < -0.3 is 40.1 Å². The largest absolute Gasteiger partial charge is 0.396 e. The lowest BCUT2D eigenvalue weighted by atomic mass is 9.44. The molecule has 3 aliphatic rings. The van der Waals surface area contributed by atoms with Crippen molar-refractivity contribution in [1.82, 2.24) is 0 Å². The molecule has 8 heteroatoms. The van der Waals surface area contributed by atoms with Crippen molar-refractivity contribution < 1.29 is 40.1 Å². The molecule has 198 valence electrons. The molecule has 11 atom stereocenters. The summed E-state index contributed by atoms with van der Waals surface area (Å²) in [5.74, 6) is 0.285. The van der Waals surface area contributed by atoms with E-state index in [2.05, 4.69) is 20.4 Å². The highest BCUT2D eigenvalue weighted by Crippen LogP contribution is 2.63. The summed E-state index contributed by atoms with van der Waals surface area (Å²) >= 11 is 0. The van der Waals surface area contributed by atoms with Crippen molar-refractivity contribution >= 4 is 0 Å². The van der Waals surface area contributed by atoms with Crippen LogP contribution in [0.4, 0.5) is 0 Å². The summed E-state index contributed by atoms with van der Waals surface area (Å²) in [6.45, 7) is 11.7. The Labute approximate surface area is 203 Å². The Morgan fingerprint density at radius 1 is 1.06 bits per heavy atom. The van der Waals surface area contributed by atoms with Gasteiger partial charge in [0.1, 0.15) is 24.4 Å². The zero-order chi connectivity index (χ0) is 25.5. The maximum Gasteiger partial charge on any atom is 0.187 e. The third-order valence-electron chi connectivity index (χ3n) is 9.54. The van der Waals surface area contributed by atoms with Gasteiger partial charge in [-0.2, -0.15) is 0 Å². The number of aliphatic hydroxyl groups excluding tert-OH is 5. The highest BCUT2D eigenvalue weighted by Gasteiger charge is 2.59. The molecule has 0 aromatic heterocycles. The van der Waals surface area contributed by atoms with Crippen LogP contribution in [0.25, 0.3) is 0 Å². The molecule has 0 amide bonds. The van der Waals surface area contributed by atoms with E-state index in [0.717, 1.165) is 25.7 Å². The fourth-order valence-corrected chi connectivity index (χ4v) is 7.33. The Morgan fingerprint density at radius 2 is 1.74 bits per heavy atom. The van der Waals surface area contributed by atoms with E-state index in [9.17, 15) is 30.6 Å². The summed E-state index contributed by atoms with van der Waals surface area (Å²) in [4.78, 5) is 0. The van der Waals surface area contributed by atoms with E-state index in [1.165, 1.54) is 0 Å². The van der Waals surface area contributed by atoms with Crippen molar-refractivity contribution in [3.8, 4) is 0 Å². The maximum atomic E-state index is 11.5. The Bertz CT molecular complexity index is 713. The number of ether oxygens (including phenoxy) is 2. The highest BCUT2D eigenvalue weighted by molar-refractivity contribution is 5.09. The quantitative estimate of drug-likeness (QED) is 0.284. The first-order chi connectivity index (χ1) is 15.8. The van der Waals surface area contributed by atoms with Gasteiger partial charge in [-0.1, -0.05) is 26.3 Å². The molecule has 0 spiro atoms. The van der Waals surface area contributed by atoms with Crippen molar-refractivity contribution in [2.75, 3.05) is 13.2 Å². The third-order valence-corrected chi connectivity index (χ3v) is 9.54. The van der Waals surface area contributed by atoms with Gasteiger partial charge in [0.25, 0.3) is 0 Å². The molecule has 2 saturated carbocycles. The van der Waals surface area contributed by atoms with E-state index in [1.54, 1.807) is 6.08 Å². The monoisotopic (exact) mass is 486 g/mol. The van der Waals surface area contributed by atoms with Gasteiger partial charge in [-0.15, -0.1) is 6.58 Å². The molecule has 0 aromatic carbocycles. The molecule has 0 radical (unpaired) electrons. The molecule has 1 heterocycles. The molecule has 3 fully saturated rings. The van der Waals surface area contributed by atoms with E-state index in [1.807, 2.05) is 13.8 Å². The molecule has 8 nitrogen and oxygen atoms in total. The molecule has 0 bridgehead atoms. The van der Waals surface area contributed by atoms with Crippen LogP contribution in [0.1, 0.15) is 72.6 Å². The van der Waals surface area contributed by atoms with E-state index in [0.29, 0.717) is 25.2 Å². The van der Waals surface area contributed by atoms with Crippen LogP contribution in [-0.4, -0.2) is 85.8 Å². The van der Waals surface area contributed by atoms with Gasteiger partial charge in [0.15, 0.2) is 6.29 Å². The van der Waals surface area contributed by atoms with Crippen molar-refractivity contribution in [2.24, 2.45) is 22.7 Å². The van der Waals surface area contributed by atoms with Gasteiger partial charge in [-0.3, -0.25) is 0 Å². The Hall–Kier alpha value is -0.580. The van der Waals surface area contributed by atoms with Crippen LogP contribution < -0.4 is 0 Å². The van der Waals surface area contributed by atoms with Gasteiger partial charge in [0.05, 0.1) is 17.8 Å². The molecule has 2 aliphatic carbocycles. The molecule has 1 aliphatic heterocycles.